The summed E-state index contributed by atoms with van der Waals surface area (Å²) in [6, 6.07) is 16.2. The quantitative estimate of drug-likeness (QED) is 0.302. The van der Waals surface area contributed by atoms with E-state index in [4.69, 9.17) is 9.47 Å². The fourth-order valence-electron chi connectivity index (χ4n) is 6.26. The SMILES string of the molecule is CCc1ccc2[nH]c(=O)c([C@@H](c3nnnn3C3CCCC3)N(Cc3ccc(OC)cc3)C[C@H]3CCCO3)cc2c1. The van der Waals surface area contributed by atoms with Crippen molar-refractivity contribution in [3.8, 4) is 5.75 Å². The molecule has 9 nitrogen and oxygen atoms in total. The number of tetrazole rings is 1. The van der Waals surface area contributed by atoms with Gasteiger partial charge < -0.3 is 14.5 Å². The van der Waals surface area contributed by atoms with Crippen molar-refractivity contribution in [2.75, 3.05) is 20.3 Å². The predicted octanol–water partition coefficient (Wildman–Crippen LogP) is 4.97. The smallest absolute Gasteiger partial charge is 0.253 e. The second-order valence-corrected chi connectivity index (χ2v) is 11.1. The summed E-state index contributed by atoms with van der Waals surface area (Å²) in [7, 11) is 1.67. The lowest BCUT2D eigenvalue weighted by Crippen LogP contribution is -2.39. The first-order valence-electron chi connectivity index (χ1n) is 14.5. The molecule has 2 fully saturated rings. The molecule has 0 unspecified atom stereocenters. The van der Waals surface area contributed by atoms with Crippen molar-refractivity contribution in [3.05, 3.63) is 81.4 Å². The second kappa shape index (κ2) is 11.9. The van der Waals surface area contributed by atoms with E-state index in [1.54, 1.807) is 7.11 Å². The first kappa shape index (κ1) is 26.7. The predicted molar refractivity (Wildman–Crippen MR) is 153 cm³/mol. The van der Waals surface area contributed by atoms with Crippen molar-refractivity contribution in [2.24, 2.45) is 0 Å². The Hall–Kier alpha value is -3.56. The molecule has 3 heterocycles. The minimum absolute atomic E-state index is 0.0859. The van der Waals surface area contributed by atoms with E-state index in [-0.39, 0.29) is 17.7 Å². The van der Waals surface area contributed by atoms with Crippen LogP contribution < -0.4 is 10.3 Å². The van der Waals surface area contributed by atoms with Gasteiger partial charge in [-0.3, -0.25) is 9.69 Å². The highest BCUT2D eigenvalue weighted by molar-refractivity contribution is 5.80. The van der Waals surface area contributed by atoms with E-state index < -0.39 is 6.04 Å². The van der Waals surface area contributed by atoms with Crippen LogP contribution in [-0.4, -0.2) is 56.5 Å². The lowest BCUT2D eigenvalue weighted by Gasteiger charge is -2.33. The zero-order chi connectivity index (χ0) is 27.5. The molecule has 2 aromatic carbocycles. The minimum atomic E-state index is -0.444. The number of benzene rings is 2. The molecule has 1 aliphatic carbocycles. The van der Waals surface area contributed by atoms with E-state index in [9.17, 15) is 4.79 Å². The molecule has 0 radical (unpaired) electrons. The van der Waals surface area contributed by atoms with E-state index in [2.05, 4.69) is 56.6 Å². The summed E-state index contributed by atoms with van der Waals surface area (Å²) in [5, 5.41) is 14.2. The fraction of sp³-hybridized carbons (Fsp3) is 0.484. The number of nitrogens with one attached hydrogen (secondary N) is 1. The fourth-order valence-corrected chi connectivity index (χ4v) is 6.26. The Labute approximate surface area is 234 Å². The molecule has 0 amide bonds. The van der Waals surface area contributed by atoms with Crippen LogP contribution >= 0.6 is 0 Å². The number of rotatable bonds is 10. The van der Waals surface area contributed by atoms with Crippen LogP contribution in [-0.2, 0) is 17.7 Å². The Morgan fingerprint density at radius 3 is 2.60 bits per heavy atom. The number of hydrogen-bond donors (Lipinski definition) is 1. The summed E-state index contributed by atoms with van der Waals surface area (Å²) in [6.07, 6.45) is 7.47. The van der Waals surface area contributed by atoms with Crippen molar-refractivity contribution in [2.45, 2.75) is 76.6 Å². The van der Waals surface area contributed by atoms with Crippen LogP contribution in [0.1, 0.15) is 80.0 Å². The molecular formula is C31H38N6O3. The summed E-state index contributed by atoms with van der Waals surface area (Å²) in [4.78, 5) is 19.3. The maximum Gasteiger partial charge on any atom is 0.253 e. The molecular weight excluding hydrogens is 504 g/mol. The van der Waals surface area contributed by atoms with Crippen LogP contribution in [0.2, 0.25) is 0 Å². The van der Waals surface area contributed by atoms with Crippen molar-refractivity contribution in [3.63, 3.8) is 0 Å². The molecule has 1 aliphatic heterocycles. The number of H-pyrrole nitrogens is 1. The summed E-state index contributed by atoms with van der Waals surface area (Å²) in [5.41, 5.74) is 3.72. The van der Waals surface area contributed by atoms with Crippen molar-refractivity contribution >= 4 is 10.9 Å². The molecule has 40 heavy (non-hydrogen) atoms. The first-order chi connectivity index (χ1) is 19.6. The van der Waals surface area contributed by atoms with Gasteiger partial charge in [0.25, 0.3) is 5.56 Å². The van der Waals surface area contributed by atoms with Crippen LogP contribution in [0.3, 0.4) is 0 Å². The van der Waals surface area contributed by atoms with E-state index in [0.717, 1.165) is 79.6 Å². The number of ether oxygens (including phenoxy) is 2. The first-order valence-corrected chi connectivity index (χ1v) is 14.5. The largest absolute Gasteiger partial charge is 0.497 e. The van der Waals surface area contributed by atoms with Crippen LogP contribution in [0.15, 0.2) is 53.3 Å². The zero-order valence-electron chi connectivity index (χ0n) is 23.4. The maximum atomic E-state index is 13.8. The summed E-state index contributed by atoms with van der Waals surface area (Å²) >= 11 is 0. The van der Waals surface area contributed by atoms with Gasteiger partial charge in [0.1, 0.15) is 11.8 Å². The number of fused-ring (bicyclic) bond motifs is 1. The topological polar surface area (TPSA) is 98.2 Å². The molecule has 4 aromatic rings. The Morgan fingerprint density at radius 1 is 1.07 bits per heavy atom. The van der Waals surface area contributed by atoms with Crippen LogP contribution in [0.4, 0.5) is 0 Å². The molecule has 6 rings (SSSR count). The van der Waals surface area contributed by atoms with Crippen molar-refractivity contribution in [1.82, 2.24) is 30.1 Å². The Kier molecular flexibility index (Phi) is 7.93. The molecule has 1 N–H and O–H groups in total. The van der Waals surface area contributed by atoms with Gasteiger partial charge in [0.2, 0.25) is 0 Å². The Balaban J connectivity index is 1.49. The van der Waals surface area contributed by atoms with Crippen molar-refractivity contribution < 1.29 is 9.47 Å². The van der Waals surface area contributed by atoms with Gasteiger partial charge in [0, 0.05) is 30.8 Å². The lowest BCUT2D eigenvalue weighted by molar-refractivity contribution is 0.0569. The molecule has 0 spiro atoms. The Morgan fingerprint density at radius 2 is 1.88 bits per heavy atom. The molecule has 2 aliphatic rings. The van der Waals surface area contributed by atoms with E-state index >= 15 is 0 Å². The monoisotopic (exact) mass is 542 g/mol. The van der Waals surface area contributed by atoms with Gasteiger partial charge in [0.05, 0.1) is 19.3 Å². The number of aryl methyl sites for hydroxylation is 1. The third kappa shape index (κ3) is 5.53. The van der Waals surface area contributed by atoms with Gasteiger partial charge in [-0.2, -0.15) is 0 Å². The summed E-state index contributed by atoms with van der Waals surface area (Å²) < 4.78 is 13.5. The standard InChI is InChI=1S/C31H38N6O3/c1-3-21-12-15-28-23(17-21)18-27(31(38)32-28)29(30-33-34-35-37(30)24-7-4-5-8-24)36(20-26-9-6-16-40-26)19-22-10-13-25(39-2)14-11-22/h10-15,17-18,24,26,29H,3-9,16,19-20H2,1-2H3,(H,32,38)/t26-,29+/m1/s1. The van der Waals surface area contributed by atoms with Crippen LogP contribution in [0.25, 0.3) is 10.9 Å². The lowest BCUT2D eigenvalue weighted by atomic mass is 10.00. The number of pyridine rings is 1. The maximum absolute atomic E-state index is 13.8. The number of hydrogen-bond acceptors (Lipinski definition) is 7. The molecule has 9 heteroatoms. The summed E-state index contributed by atoms with van der Waals surface area (Å²) in [5.74, 6) is 1.53. The van der Waals surface area contributed by atoms with Gasteiger partial charge in [-0.05, 0) is 89.4 Å². The molecule has 210 valence electrons. The van der Waals surface area contributed by atoms with Gasteiger partial charge in [0.15, 0.2) is 5.82 Å². The Bertz CT molecular complexity index is 1490. The number of nitrogens with zero attached hydrogens (tertiary/aromatic N) is 5. The van der Waals surface area contributed by atoms with Crippen LogP contribution in [0, 0.1) is 0 Å². The molecule has 1 saturated carbocycles. The van der Waals surface area contributed by atoms with E-state index in [0.29, 0.717) is 18.7 Å². The third-order valence-electron chi connectivity index (χ3n) is 8.45. The normalized spacial score (nSPS) is 18.6. The van der Waals surface area contributed by atoms with E-state index in [1.807, 2.05) is 28.9 Å². The average molecular weight is 543 g/mol. The van der Waals surface area contributed by atoms with Gasteiger partial charge >= 0.3 is 0 Å². The number of aromatic amines is 1. The van der Waals surface area contributed by atoms with E-state index in [1.165, 1.54) is 5.56 Å². The highest BCUT2D eigenvalue weighted by Crippen LogP contribution is 2.35. The molecule has 0 bridgehead atoms. The molecule has 2 aromatic heterocycles. The van der Waals surface area contributed by atoms with Gasteiger partial charge in [-0.1, -0.05) is 38.0 Å². The molecule has 1 saturated heterocycles. The number of methoxy groups -OCH3 is 1. The van der Waals surface area contributed by atoms with Crippen molar-refractivity contribution in [1.29, 1.82) is 0 Å². The average Bonchev–Trinajstić information content (AvgIpc) is 3.77. The zero-order valence-corrected chi connectivity index (χ0v) is 23.4. The summed E-state index contributed by atoms with van der Waals surface area (Å²) in [6.45, 7) is 4.19. The highest BCUT2D eigenvalue weighted by Gasteiger charge is 2.35. The van der Waals surface area contributed by atoms with Gasteiger partial charge in [-0.15, -0.1) is 5.10 Å². The second-order valence-electron chi connectivity index (χ2n) is 11.1. The van der Waals surface area contributed by atoms with Crippen LogP contribution in [0.5, 0.6) is 5.75 Å². The number of aromatic nitrogens is 5. The molecule has 2 atom stereocenters. The minimum Gasteiger partial charge on any atom is -0.497 e. The third-order valence-corrected chi connectivity index (χ3v) is 8.45. The van der Waals surface area contributed by atoms with Gasteiger partial charge in [-0.25, -0.2) is 4.68 Å². The highest BCUT2D eigenvalue weighted by atomic mass is 16.5.